The van der Waals surface area contributed by atoms with Gasteiger partial charge in [0.2, 0.25) is 0 Å². The number of hydrogen-bond acceptors (Lipinski definition) is 4. The minimum atomic E-state index is -0.743. The molecule has 0 aliphatic rings. The van der Waals surface area contributed by atoms with E-state index in [1.54, 1.807) is 45.0 Å². The summed E-state index contributed by atoms with van der Waals surface area (Å²) in [5, 5.41) is 3.06. The monoisotopic (exact) mass is 313 g/mol. The van der Waals surface area contributed by atoms with Crippen LogP contribution in [0.2, 0.25) is 5.02 Å². The third kappa shape index (κ3) is 6.01. The van der Waals surface area contributed by atoms with Crippen LogP contribution < -0.4 is 11.1 Å². The fraction of sp³-hybridized carbons (Fsp3) is 0.429. The van der Waals surface area contributed by atoms with Gasteiger partial charge in [-0.2, -0.15) is 0 Å². The number of rotatable bonds is 3. The number of anilines is 1. The predicted molar refractivity (Wildman–Crippen MR) is 82.5 cm³/mol. The number of carbonyl (C=O) groups is 2. The van der Waals surface area contributed by atoms with Crippen molar-refractivity contribution in [3.05, 3.63) is 29.3 Å². The second kappa shape index (κ2) is 7.28. The summed E-state index contributed by atoms with van der Waals surface area (Å²) < 4.78 is 5.18. The van der Waals surface area contributed by atoms with Gasteiger partial charge >= 0.3 is 12.1 Å². The molecule has 1 rings (SSSR count). The Balaban J connectivity index is 2.80. The molecule has 0 radical (unpaired) electrons. The van der Waals surface area contributed by atoms with E-state index in [-0.39, 0.29) is 13.1 Å². The molecular weight excluding hydrogens is 294 g/mol. The van der Waals surface area contributed by atoms with E-state index in [0.717, 1.165) is 4.90 Å². The van der Waals surface area contributed by atoms with Crippen LogP contribution in [0.5, 0.6) is 0 Å². The van der Waals surface area contributed by atoms with Crippen LogP contribution in [0, 0.1) is 0 Å². The fourth-order valence-corrected chi connectivity index (χ4v) is 1.67. The van der Waals surface area contributed by atoms with Crippen LogP contribution in [-0.4, -0.2) is 35.7 Å². The maximum absolute atomic E-state index is 12.2. The Morgan fingerprint density at radius 2 is 2.05 bits per heavy atom. The predicted octanol–water partition coefficient (Wildman–Crippen LogP) is 3.07. The van der Waals surface area contributed by atoms with Crippen molar-refractivity contribution in [3.63, 3.8) is 0 Å². The van der Waals surface area contributed by atoms with E-state index in [2.05, 4.69) is 5.32 Å². The molecule has 1 aromatic carbocycles. The summed E-state index contributed by atoms with van der Waals surface area (Å²) >= 11 is 5.84. The molecule has 7 heteroatoms. The quantitative estimate of drug-likeness (QED) is 0.898. The number of imide groups is 1. The average Bonchev–Trinajstić information content (AvgIpc) is 2.33. The summed E-state index contributed by atoms with van der Waals surface area (Å²) in [7, 11) is 0. The van der Waals surface area contributed by atoms with Crippen molar-refractivity contribution in [1.29, 1.82) is 0 Å². The van der Waals surface area contributed by atoms with Gasteiger partial charge in [0.25, 0.3) is 0 Å². The van der Waals surface area contributed by atoms with E-state index in [9.17, 15) is 9.59 Å². The Morgan fingerprint density at radius 1 is 1.38 bits per heavy atom. The Kier molecular flexibility index (Phi) is 5.99. The molecule has 0 heterocycles. The number of halogens is 1. The number of ether oxygens (including phenoxy) is 1. The zero-order valence-corrected chi connectivity index (χ0v) is 13.1. The van der Waals surface area contributed by atoms with Crippen molar-refractivity contribution in [2.45, 2.75) is 26.4 Å². The average molecular weight is 314 g/mol. The second-order valence-corrected chi connectivity index (χ2v) is 5.80. The van der Waals surface area contributed by atoms with Crippen LogP contribution in [0.4, 0.5) is 15.3 Å². The molecule has 0 saturated carbocycles. The molecule has 1 aromatic rings. The van der Waals surface area contributed by atoms with Gasteiger partial charge in [-0.1, -0.05) is 17.7 Å². The first kappa shape index (κ1) is 17.3. The van der Waals surface area contributed by atoms with E-state index < -0.39 is 17.7 Å². The van der Waals surface area contributed by atoms with Gasteiger partial charge in [0, 0.05) is 23.8 Å². The van der Waals surface area contributed by atoms with Gasteiger partial charge in [0.1, 0.15) is 5.60 Å². The van der Waals surface area contributed by atoms with E-state index in [0.29, 0.717) is 10.7 Å². The molecule has 0 aliphatic heterocycles. The Bertz CT molecular complexity index is 514. The van der Waals surface area contributed by atoms with Crippen LogP contribution in [-0.2, 0) is 4.74 Å². The van der Waals surface area contributed by atoms with Gasteiger partial charge < -0.3 is 15.8 Å². The number of urea groups is 1. The molecule has 3 N–H and O–H groups in total. The number of nitrogens with one attached hydrogen (secondary N) is 1. The van der Waals surface area contributed by atoms with Crippen molar-refractivity contribution in [2.24, 2.45) is 5.73 Å². The number of amides is 3. The maximum atomic E-state index is 12.2. The first-order valence-electron chi connectivity index (χ1n) is 6.50. The minimum absolute atomic E-state index is 0.0569. The van der Waals surface area contributed by atoms with Crippen molar-refractivity contribution in [3.8, 4) is 0 Å². The van der Waals surface area contributed by atoms with Crippen LogP contribution in [0.15, 0.2) is 24.3 Å². The van der Waals surface area contributed by atoms with E-state index in [1.807, 2.05) is 0 Å². The molecular formula is C14H20ClN3O3. The van der Waals surface area contributed by atoms with E-state index in [1.165, 1.54) is 0 Å². The van der Waals surface area contributed by atoms with Crippen molar-refractivity contribution in [2.75, 3.05) is 18.4 Å². The first-order valence-corrected chi connectivity index (χ1v) is 6.88. The molecule has 0 atom stereocenters. The third-order valence-electron chi connectivity index (χ3n) is 2.29. The highest BCUT2D eigenvalue weighted by atomic mass is 35.5. The summed E-state index contributed by atoms with van der Waals surface area (Å²) in [6.45, 7) is 5.37. The third-order valence-corrected chi connectivity index (χ3v) is 2.52. The van der Waals surface area contributed by atoms with Gasteiger partial charge in [-0.3, -0.25) is 0 Å². The lowest BCUT2D eigenvalue weighted by molar-refractivity contribution is 0.0337. The minimum Gasteiger partial charge on any atom is -0.443 e. The largest absolute Gasteiger partial charge is 0.443 e. The molecule has 0 spiro atoms. The van der Waals surface area contributed by atoms with Gasteiger partial charge in [0.05, 0.1) is 0 Å². The molecule has 21 heavy (non-hydrogen) atoms. The summed E-state index contributed by atoms with van der Waals surface area (Å²) in [6, 6.07) is 6.01. The Morgan fingerprint density at radius 3 is 2.57 bits per heavy atom. The van der Waals surface area contributed by atoms with Crippen LogP contribution in [0.3, 0.4) is 0 Å². The normalized spacial score (nSPS) is 10.9. The molecule has 0 aliphatic carbocycles. The van der Waals surface area contributed by atoms with E-state index >= 15 is 0 Å². The molecule has 6 nitrogen and oxygen atoms in total. The molecule has 0 unspecified atom stereocenters. The lowest BCUT2D eigenvalue weighted by Gasteiger charge is -2.26. The smallest absolute Gasteiger partial charge is 0.418 e. The molecule has 116 valence electrons. The molecule has 0 aromatic heterocycles. The fourth-order valence-electron chi connectivity index (χ4n) is 1.48. The van der Waals surface area contributed by atoms with Crippen LogP contribution in [0.25, 0.3) is 0 Å². The van der Waals surface area contributed by atoms with Crippen molar-refractivity contribution < 1.29 is 14.3 Å². The van der Waals surface area contributed by atoms with Crippen molar-refractivity contribution in [1.82, 2.24) is 4.90 Å². The van der Waals surface area contributed by atoms with Crippen molar-refractivity contribution >= 4 is 29.4 Å². The molecule has 0 bridgehead atoms. The number of nitrogens with zero attached hydrogens (tertiary/aromatic N) is 1. The standard InChI is InChI=1S/C14H20ClN3O3/c1-14(2,3)21-13(20)18(8-7-16)12(19)17-11-6-4-5-10(15)9-11/h4-6,9H,7-8,16H2,1-3H3,(H,17,19). The number of carbonyl (C=O) groups excluding carboxylic acids is 2. The van der Waals surface area contributed by atoms with Crippen LogP contribution in [0.1, 0.15) is 20.8 Å². The van der Waals surface area contributed by atoms with Crippen LogP contribution >= 0.6 is 11.6 Å². The topological polar surface area (TPSA) is 84.7 Å². The Labute approximate surface area is 129 Å². The summed E-state index contributed by atoms with van der Waals surface area (Å²) in [5.74, 6) is 0. The molecule has 3 amide bonds. The van der Waals surface area contributed by atoms with Gasteiger partial charge in [0.15, 0.2) is 0 Å². The lowest BCUT2D eigenvalue weighted by atomic mass is 10.2. The SMILES string of the molecule is CC(C)(C)OC(=O)N(CCN)C(=O)Nc1cccc(Cl)c1. The molecule has 0 saturated heterocycles. The zero-order valence-electron chi connectivity index (χ0n) is 12.4. The van der Waals surface area contributed by atoms with Gasteiger partial charge in [-0.25, -0.2) is 14.5 Å². The highest BCUT2D eigenvalue weighted by Gasteiger charge is 2.26. The first-order chi connectivity index (χ1) is 9.73. The number of nitrogens with two attached hydrogens (primary N) is 1. The Hall–Kier alpha value is -1.79. The van der Waals surface area contributed by atoms with Gasteiger partial charge in [-0.15, -0.1) is 0 Å². The van der Waals surface area contributed by atoms with Gasteiger partial charge in [-0.05, 0) is 39.0 Å². The summed E-state index contributed by atoms with van der Waals surface area (Å²) in [4.78, 5) is 25.1. The lowest BCUT2D eigenvalue weighted by Crippen LogP contribution is -2.45. The summed E-state index contributed by atoms with van der Waals surface area (Å²) in [6.07, 6.45) is -0.743. The molecule has 0 fully saturated rings. The maximum Gasteiger partial charge on any atom is 0.418 e. The van der Waals surface area contributed by atoms with E-state index in [4.69, 9.17) is 22.1 Å². The zero-order chi connectivity index (χ0) is 16.0. The highest BCUT2D eigenvalue weighted by Crippen LogP contribution is 2.16. The second-order valence-electron chi connectivity index (χ2n) is 5.36. The number of benzene rings is 1. The summed E-state index contributed by atoms with van der Waals surface area (Å²) in [5.41, 5.74) is 5.23. The highest BCUT2D eigenvalue weighted by molar-refractivity contribution is 6.30. The number of hydrogen-bond donors (Lipinski definition) is 2.